The fourth-order valence-electron chi connectivity index (χ4n) is 2.18. The molecule has 0 aromatic carbocycles. The van der Waals surface area contributed by atoms with Crippen molar-refractivity contribution in [3.8, 4) is 0 Å². The van der Waals surface area contributed by atoms with E-state index in [4.69, 9.17) is 5.11 Å². The van der Waals surface area contributed by atoms with Gasteiger partial charge in [-0.2, -0.15) is 0 Å². The lowest BCUT2D eigenvalue weighted by atomic mass is 9.68. The summed E-state index contributed by atoms with van der Waals surface area (Å²) in [5, 5.41) is 18.8. The van der Waals surface area contributed by atoms with Gasteiger partial charge in [-0.1, -0.05) is 20.8 Å². The summed E-state index contributed by atoms with van der Waals surface area (Å²) in [4.78, 5) is 0. The molecule has 1 aliphatic rings. The van der Waals surface area contributed by atoms with Gasteiger partial charge in [-0.25, -0.2) is 0 Å². The molecule has 0 saturated heterocycles. The zero-order valence-corrected chi connectivity index (χ0v) is 9.01. The van der Waals surface area contributed by atoms with E-state index >= 15 is 0 Å². The van der Waals surface area contributed by atoms with E-state index in [2.05, 4.69) is 20.8 Å². The third kappa shape index (κ3) is 2.68. The van der Waals surface area contributed by atoms with Crippen molar-refractivity contribution in [3.05, 3.63) is 0 Å². The molecule has 2 heteroatoms. The minimum atomic E-state index is -0.776. The van der Waals surface area contributed by atoms with Gasteiger partial charge in [-0.15, -0.1) is 0 Å². The molecule has 2 N–H and O–H groups in total. The van der Waals surface area contributed by atoms with Crippen molar-refractivity contribution >= 4 is 0 Å². The molecule has 1 saturated carbocycles. The Labute approximate surface area is 81.0 Å². The lowest BCUT2D eigenvalue weighted by molar-refractivity contribution is -0.0620. The van der Waals surface area contributed by atoms with E-state index < -0.39 is 5.60 Å². The molecule has 1 fully saturated rings. The minimum absolute atomic E-state index is 0.0795. The maximum Gasteiger partial charge on any atom is 0.0877 e. The molecule has 2 nitrogen and oxygen atoms in total. The zero-order chi connectivity index (χ0) is 10.1. The Balaban J connectivity index is 2.48. The van der Waals surface area contributed by atoms with Gasteiger partial charge in [0.25, 0.3) is 0 Å². The van der Waals surface area contributed by atoms with Gasteiger partial charge in [0.15, 0.2) is 0 Å². The zero-order valence-electron chi connectivity index (χ0n) is 9.01. The molecule has 0 spiro atoms. The molecule has 0 bridgehead atoms. The normalized spacial score (nSPS) is 36.2. The van der Waals surface area contributed by atoms with Gasteiger partial charge in [0.2, 0.25) is 0 Å². The van der Waals surface area contributed by atoms with Crippen molar-refractivity contribution in [2.75, 3.05) is 6.61 Å². The van der Waals surface area contributed by atoms with Gasteiger partial charge in [0.1, 0.15) is 0 Å². The van der Waals surface area contributed by atoms with Crippen LogP contribution in [0.15, 0.2) is 0 Å². The summed E-state index contributed by atoms with van der Waals surface area (Å²) in [5.41, 5.74) is -0.432. The number of hydrogen-bond acceptors (Lipinski definition) is 2. The minimum Gasteiger partial charge on any atom is -0.393 e. The fourth-order valence-corrected chi connectivity index (χ4v) is 2.18. The summed E-state index contributed by atoms with van der Waals surface area (Å²) in [6.45, 7) is 6.67. The average molecular weight is 186 g/mol. The first-order chi connectivity index (χ1) is 5.87. The van der Waals surface area contributed by atoms with Crippen LogP contribution in [0.2, 0.25) is 0 Å². The van der Waals surface area contributed by atoms with E-state index in [0.29, 0.717) is 11.3 Å². The Morgan fingerprint density at radius 3 is 2.00 bits per heavy atom. The van der Waals surface area contributed by atoms with Crippen LogP contribution in [0.4, 0.5) is 0 Å². The second-order valence-electron chi connectivity index (χ2n) is 5.52. The predicted molar refractivity (Wildman–Crippen MR) is 53.4 cm³/mol. The van der Waals surface area contributed by atoms with Crippen LogP contribution < -0.4 is 0 Å². The van der Waals surface area contributed by atoms with Gasteiger partial charge >= 0.3 is 0 Å². The van der Waals surface area contributed by atoms with Crippen LogP contribution in [0.1, 0.15) is 46.5 Å². The third-order valence-corrected chi connectivity index (χ3v) is 3.44. The first kappa shape index (κ1) is 11.0. The maximum absolute atomic E-state index is 9.81. The average Bonchev–Trinajstić information content (AvgIpc) is 2.04. The molecule has 0 amide bonds. The highest BCUT2D eigenvalue weighted by Crippen LogP contribution is 2.41. The summed E-state index contributed by atoms with van der Waals surface area (Å²) in [6.07, 6.45) is 3.60. The van der Waals surface area contributed by atoms with Crippen molar-refractivity contribution in [2.24, 2.45) is 11.3 Å². The topological polar surface area (TPSA) is 40.5 Å². The summed E-state index contributed by atoms with van der Waals surface area (Å²) in [6, 6.07) is 0. The van der Waals surface area contributed by atoms with Gasteiger partial charge in [-0.05, 0) is 37.0 Å². The van der Waals surface area contributed by atoms with Gasteiger partial charge < -0.3 is 10.2 Å². The summed E-state index contributed by atoms with van der Waals surface area (Å²) < 4.78 is 0. The fraction of sp³-hybridized carbons (Fsp3) is 1.00. The monoisotopic (exact) mass is 186 g/mol. The Morgan fingerprint density at radius 2 is 1.69 bits per heavy atom. The van der Waals surface area contributed by atoms with Crippen LogP contribution in [-0.2, 0) is 0 Å². The summed E-state index contributed by atoms with van der Waals surface area (Å²) in [5.74, 6) is 0.694. The van der Waals surface area contributed by atoms with E-state index in [1.807, 2.05) is 0 Å². The van der Waals surface area contributed by atoms with Gasteiger partial charge in [0, 0.05) is 0 Å². The first-order valence-corrected chi connectivity index (χ1v) is 5.21. The second-order valence-corrected chi connectivity index (χ2v) is 5.52. The molecule has 0 aliphatic heterocycles. The molecule has 0 aromatic heterocycles. The SMILES string of the molecule is CC(C)(C)C1CCC(O)(CO)CC1. The Kier molecular flexibility index (Phi) is 3.03. The molecule has 0 aromatic rings. The molecule has 78 valence electrons. The van der Waals surface area contributed by atoms with Crippen molar-refractivity contribution in [2.45, 2.75) is 52.1 Å². The molecular formula is C11H22O2. The van der Waals surface area contributed by atoms with E-state index in [9.17, 15) is 5.11 Å². The van der Waals surface area contributed by atoms with Crippen LogP contribution >= 0.6 is 0 Å². The number of aliphatic hydroxyl groups is 2. The van der Waals surface area contributed by atoms with Crippen molar-refractivity contribution in [3.63, 3.8) is 0 Å². The summed E-state index contributed by atoms with van der Waals surface area (Å²) >= 11 is 0. The van der Waals surface area contributed by atoms with Crippen LogP contribution in [0.25, 0.3) is 0 Å². The van der Waals surface area contributed by atoms with E-state index in [1.54, 1.807) is 0 Å². The largest absolute Gasteiger partial charge is 0.393 e. The molecule has 1 aliphatic carbocycles. The quantitative estimate of drug-likeness (QED) is 0.657. The Morgan fingerprint density at radius 1 is 1.23 bits per heavy atom. The van der Waals surface area contributed by atoms with E-state index in [-0.39, 0.29) is 6.61 Å². The molecule has 0 radical (unpaired) electrons. The molecule has 13 heavy (non-hydrogen) atoms. The van der Waals surface area contributed by atoms with Crippen LogP contribution in [0.5, 0.6) is 0 Å². The van der Waals surface area contributed by atoms with Crippen molar-refractivity contribution in [1.82, 2.24) is 0 Å². The smallest absolute Gasteiger partial charge is 0.0877 e. The number of rotatable bonds is 1. The molecule has 0 unspecified atom stereocenters. The highest BCUT2D eigenvalue weighted by atomic mass is 16.3. The van der Waals surface area contributed by atoms with Gasteiger partial charge in [0.05, 0.1) is 12.2 Å². The second kappa shape index (κ2) is 3.58. The Bertz CT molecular complexity index is 161. The molecule has 0 atom stereocenters. The predicted octanol–water partition coefficient (Wildman–Crippen LogP) is 1.95. The van der Waals surface area contributed by atoms with Crippen LogP contribution in [0.3, 0.4) is 0 Å². The highest BCUT2D eigenvalue weighted by Gasteiger charge is 2.36. The van der Waals surface area contributed by atoms with Gasteiger partial charge in [-0.3, -0.25) is 0 Å². The lowest BCUT2D eigenvalue weighted by Gasteiger charge is -2.40. The third-order valence-electron chi connectivity index (χ3n) is 3.44. The van der Waals surface area contributed by atoms with Crippen molar-refractivity contribution < 1.29 is 10.2 Å². The lowest BCUT2D eigenvalue weighted by Crippen LogP contribution is -2.40. The maximum atomic E-state index is 9.81. The van der Waals surface area contributed by atoms with Crippen LogP contribution in [-0.4, -0.2) is 22.4 Å². The molecule has 0 heterocycles. The summed E-state index contributed by atoms with van der Waals surface area (Å²) in [7, 11) is 0. The molecule has 1 rings (SSSR count). The van der Waals surface area contributed by atoms with Crippen molar-refractivity contribution in [1.29, 1.82) is 0 Å². The first-order valence-electron chi connectivity index (χ1n) is 5.21. The Hall–Kier alpha value is -0.0800. The van der Waals surface area contributed by atoms with E-state index in [1.165, 1.54) is 0 Å². The number of hydrogen-bond donors (Lipinski definition) is 2. The number of aliphatic hydroxyl groups excluding tert-OH is 1. The van der Waals surface area contributed by atoms with Crippen LogP contribution in [0, 0.1) is 11.3 Å². The highest BCUT2D eigenvalue weighted by molar-refractivity contribution is 4.88. The molecular weight excluding hydrogens is 164 g/mol. The standard InChI is InChI=1S/C11H22O2/c1-10(2,3)9-4-6-11(13,8-12)7-5-9/h9,12-13H,4-8H2,1-3H3. The van der Waals surface area contributed by atoms with E-state index in [0.717, 1.165) is 25.7 Å².